The van der Waals surface area contributed by atoms with Gasteiger partial charge in [-0.15, -0.1) is 0 Å². The van der Waals surface area contributed by atoms with Crippen LogP contribution < -0.4 is 0 Å². The summed E-state index contributed by atoms with van der Waals surface area (Å²) in [5, 5.41) is 0. The van der Waals surface area contributed by atoms with Gasteiger partial charge in [0.15, 0.2) is 0 Å². The van der Waals surface area contributed by atoms with Crippen molar-refractivity contribution in [3.8, 4) is 11.1 Å². The van der Waals surface area contributed by atoms with Gasteiger partial charge < -0.3 is 0 Å². The van der Waals surface area contributed by atoms with E-state index in [0.717, 1.165) is 0 Å². The Balaban J connectivity index is 2.21. The molecule has 0 radical (unpaired) electrons. The van der Waals surface area contributed by atoms with Crippen LogP contribution in [0.4, 0.5) is 0 Å². The molecule has 0 spiro atoms. The minimum atomic E-state index is 0.602. The summed E-state index contributed by atoms with van der Waals surface area (Å²) in [5.41, 5.74) is 5.52. The van der Waals surface area contributed by atoms with Crippen molar-refractivity contribution in [2.45, 2.75) is 46.0 Å². The van der Waals surface area contributed by atoms with Crippen molar-refractivity contribution in [1.82, 2.24) is 0 Å². The molecule has 0 saturated heterocycles. The fourth-order valence-electron chi connectivity index (χ4n) is 2.35. The molecule has 0 aliphatic rings. The van der Waals surface area contributed by atoms with Gasteiger partial charge in [-0.2, -0.15) is 0 Å². The van der Waals surface area contributed by atoms with E-state index in [4.69, 9.17) is 0 Å². The average Bonchev–Trinajstić information content (AvgIpc) is 2.45. The molecule has 0 bridgehead atoms. The Labute approximate surface area is 117 Å². The fourth-order valence-corrected chi connectivity index (χ4v) is 2.35. The molecule has 0 aromatic heterocycles. The Morgan fingerprint density at radius 1 is 0.895 bits per heavy atom. The maximum absolute atomic E-state index is 2.33. The summed E-state index contributed by atoms with van der Waals surface area (Å²) in [7, 11) is 0. The lowest BCUT2D eigenvalue weighted by Crippen LogP contribution is -1.88. The molecule has 2 aromatic rings. The van der Waals surface area contributed by atoms with E-state index < -0.39 is 0 Å². The molecular formula is C19H24. The number of hydrogen-bond donors (Lipinski definition) is 0. The molecule has 0 aliphatic heterocycles. The molecule has 2 rings (SSSR count). The van der Waals surface area contributed by atoms with E-state index in [1.807, 2.05) is 0 Å². The second-order valence-corrected chi connectivity index (χ2v) is 5.58. The Kier molecular flexibility index (Phi) is 4.79. The van der Waals surface area contributed by atoms with Crippen LogP contribution in [0.3, 0.4) is 0 Å². The summed E-state index contributed by atoms with van der Waals surface area (Å²) in [6, 6.07) is 17.9. The molecule has 100 valence electrons. The third-order valence-electron chi connectivity index (χ3n) is 3.66. The van der Waals surface area contributed by atoms with Gasteiger partial charge in [0.05, 0.1) is 0 Å². The summed E-state index contributed by atoms with van der Waals surface area (Å²) in [6.45, 7) is 6.72. The van der Waals surface area contributed by atoms with Crippen LogP contribution in [-0.2, 0) is 6.42 Å². The lowest BCUT2D eigenvalue weighted by molar-refractivity contribution is 0.795. The molecule has 0 nitrogen and oxygen atoms in total. The first-order valence-corrected chi connectivity index (χ1v) is 7.40. The van der Waals surface area contributed by atoms with Crippen molar-refractivity contribution < 1.29 is 0 Å². The first-order chi connectivity index (χ1) is 9.20. The predicted molar refractivity (Wildman–Crippen MR) is 84.6 cm³/mol. The molecule has 0 heteroatoms. The Hall–Kier alpha value is -1.56. The van der Waals surface area contributed by atoms with Crippen LogP contribution in [0.15, 0.2) is 48.5 Å². The van der Waals surface area contributed by atoms with Gasteiger partial charge in [-0.3, -0.25) is 0 Å². The van der Waals surface area contributed by atoms with E-state index in [2.05, 4.69) is 69.3 Å². The normalized spacial score (nSPS) is 10.9. The summed E-state index contributed by atoms with van der Waals surface area (Å²) in [5.74, 6) is 0.602. The number of rotatable bonds is 5. The Bertz CT molecular complexity index is 506. The minimum absolute atomic E-state index is 0.602. The molecule has 0 unspecified atom stereocenters. The van der Waals surface area contributed by atoms with Crippen LogP contribution >= 0.6 is 0 Å². The van der Waals surface area contributed by atoms with Crippen LogP contribution in [0.1, 0.15) is 50.7 Å². The zero-order valence-corrected chi connectivity index (χ0v) is 12.3. The summed E-state index contributed by atoms with van der Waals surface area (Å²) < 4.78 is 0. The summed E-state index contributed by atoms with van der Waals surface area (Å²) in [4.78, 5) is 0. The smallest absolute Gasteiger partial charge is 0.0181 e. The minimum Gasteiger partial charge on any atom is -0.0654 e. The second-order valence-electron chi connectivity index (χ2n) is 5.58. The van der Waals surface area contributed by atoms with Crippen LogP contribution in [0.2, 0.25) is 0 Å². The number of aryl methyl sites for hydroxylation is 1. The molecule has 0 atom stereocenters. The lowest BCUT2D eigenvalue weighted by atomic mass is 9.97. The maximum Gasteiger partial charge on any atom is -0.0181 e. The van der Waals surface area contributed by atoms with Gasteiger partial charge in [-0.05, 0) is 41.0 Å². The van der Waals surface area contributed by atoms with Crippen molar-refractivity contribution in [3.05, 3.63) is 59.7 Å². The monoisotopic (exact) mass is 252 g/mol. The number of hydrogen-bond acceptors (Lipinski definition) is 0. The first kappa shape index (κ1) is 13.9. The van der Waals surface area contributed by atoms with E-state index in [-0.39, 0.29) is 0 Å². The van der Waals surface area contributed by atoms with Crippen molar-refractivity contribution in [2.24, 2.45) is 0 Å². The van der Waals surface area contributed by atoms with Gasteiger partial charge in [0, 0.05) is 0 Å². The van der Waals surface area contributed by atoms with Gasteiger partial charge in [0.25, 0.3) is 0 Å². The van der Waals surface area contributed by atoms with Gasteiger partial charge in [0.1, 0.15) is 0 Å². The highest BCUT2D eigenvalue weighted by Gasteiger charge is 2.02. The van der Waals surface area contributed by atoms with E-state index in [1.165, 1.54) is 41.5 Å². The van der Waals surface area contributed by atoms with Crippen LogP contribution in [0.5, 0.6) is 0 Å². The van der Waals surface area contributed by atoms with Crippen molar-refractivity contribution >= 4 is 0 Å². The van der Waals surface area contributed by atoms with Gasteiger partial charge in [-0.25, -0.2) is 0 Å². The SMILES string of the molecule is CCCCc1cccc(-c2ccc(C(C)C)cc2)c1. The Morgan fingerprint density at radius 3 is 2.26 bits per heavy atom. The molecule has 0 amide bonds. The maximum atomic E-state index is 2.33. The standard InChI is InChI=1S/C19H24/c1-4-5-7-16-8-6-9-19(14-16)18-12-10-17(11-13-18)15(2)3/h6,8-15H,4-5,7H2,1-3H3. The second kappa shape index (κ2) is 6.56. The molecule has 0 N–H and O–H groups in total. The van der Waals surface area contributed by atoms with Crippen molar-refractivity contribution in [3.63, 3.8) is 0 Å². The van der Waals surface area contributed by atoms with E-state index >= 15 is 0 Å². The van der Waals surface area contributed by atoms with Crippen molar-refractivity contribution in [2.75, 3.05) is 0 Å². The molecule has 2 aromatic carbocycles. The molecule has 19 heavy (non-hydrogen) atoms. The average molecular weight is 252 g/mol. The Morgan fingerprint density at radius 2 is 1.63 bits per heavy atom. The molecular weight excluding hydrogens is 228 g/mol. The molecule has 0 saturated carbocycles. The third-order valence-corrected chi connectivity index (χ3v) is 3.66. The first-order valence-electron chi connectivity index (χ1n) is 7.40. The summed E-state index contributed by atoms with van der Waals surface area (Å²) >= 11 is 0. The van der Waals surface area contributed by atoms with Gasteiger partial charge in [-0.1, -0.05) is 75.7 Å². The molecule has 0 fully saturated rings. The molecule has 0 aliphatic carbocycles. The fraction of sp³-hybridized carbons (Fsp3) is 0.368. The van der Waals surface area contributed by atoms with Crippen LogP contribution in [0, 0.1) is 0 Å². The van der Waals surface area contributed by atoms with Gasteiger partial charge in [0.2, 0.25) is 0 Å². The predicted octanol–water partition coefficient (Wildman–Crippen LogP) is 5.82. The number of unbranched alkanes of at least 4 members (excludes halogenated alkanes) is 1. The highest BCUT2D eigenvalue weighted by molar-refractivity contribution is 5.64. The zero-order chi connectivity index (χ0) is 13.7. The van der Waals surface area contributed by atoms with E-state index in [1.54, 1.807) is 0 Å². The third kappa shape index (κ3) is 3.70. The summed E-state index contributed by atoms with van der Waals surface area (Å²) in [6.07, 6.45) is 3.72. The topological polar surface area (TPSA) is 0 Å². The lowest BCUT2D eigenvalue weighted by Gasteiger charge is -2.08. The number of benzene rings is 2. The van der Waals surface area contributed by atoms with Crippen LogP contribution in [0.25, 0.3) is 11.1 Å². The highest BCUT2D eigenvalue weighted by Crippen LogP contribution is 2.23. The highest BCUT2D eigenvalue weighted by atomic mass is 14.1. The van der Waals surface area contributed by atoms with Crippen LogP contribution in [-0.4, -0.2) is 0 Å². The molecule has 0 heterocycles. The van der Waals surface area contributed by atoms with E-state index in [9.17, 15) is 0 Å². The van der Waals surface area contributed by atoms with Gasteiger partial charge >= 0.3 is 0 Å². The quantitative estimate of drug-likeness (QED) is 0.629. The van der Waals surface area contributed by atoms with Crippen molar-refractivity contribution in [1.29, 1.82) is 0 Å². The largest absolute Gasteiger partial charge is 0.0654 e. The zero-order valence-electron chi connectivity index (χ0n) is 12.3. The van der Waals surface area contributed by atoms with E-state index in [0.29, 0.717) is 5.92 Å².